The number of rotatable bonds is 2. The summed E-state index contributed by atoms with van der Waals surface area (Å²) < 4.78 is 5.36. The van der Waals surface area contributed by atoms with Gasteiger partial charge in [-0.2, -0.15) is 0 Å². The minimum Gasteiger partial charge on any atom is -0.495 e. The van der Waals surface area contributed by atoms with Gasteiger partial charge in [0.15, 0.2) is 0 Å². The van der Waals surface area contributed by atoms with Crippen molar-refractivity contribution in [2.75, 3.05) is 19.5 Å². The molecule has 0 aliphatic heterocycles. The van der Waals surface area contributed by atoms with Gasteiger partial charge in [-0.15, -0.1) is 0 Å². The maximum atomic E-state index is 5.36. The molecule has 2 rings (SSSR count). The predicted octanol–water partition coefficient (Wildman–Crippen LogP) is 3.52. The molecule has 0 radical (unpaired) electrons. The highest BCUT2D eigenvalue weighted by atomic mass is 16.5. The van der Waals surface area contributed by atoms with Crippen molar-refractivity contribution in [2.24, 2.45) is 0 Å². The molecule has 0 saturated heterocycles. The number of H-pyrrole nitrogens is 1. The van der Waals surface area contributed by atoms with E-state index in [1.165, 1.54) is 11.1 Å². The molecule has 1 aromatic heterocycles. The lowest BCUT2D eigenvalue weighted by atomic mass is 9.92. The van der Waals surface area contributed by atoms with E-state index < -0.39 is 0 Å². The predicted molar refractivity (Wildman–Crippen MR) is 73.1 cm³/mol. The summed E-state index contributed by atoms with van der Waals surface area (Å²) >= 11 is 0. The summed E-state index contributed by atoms with van der Waals surface area (Å²) in [4.78, 5) is 3.45. The molecule has 0 atom stereocenters. The number of hydrogen-bond acceptors (Lipinski definition) is 2. The molecule has 2 N–H and O–H groups in total. The lowest BCUT2D eigenvalue weighted by molar-refractivity contribution is 0.417. The van der Waals surface area contributed by atoms with Crippen molar-refractivity contribution in [1.29, 1.82) is 0 Å². The maximum Gasteiger partial charge on any atom is 0.144 e. The van der Waals surface area contributed by atoms with Crippen LogP contribution in [0.5, 0.6) is 5.75 Å². The minimum atomic E-state index is 0.131. The molecule has 0 amide bonds. The van der Waals surface area contributed by atoms with E-state index in [1.54, 1.807) is 7.11 Å². The number of hydrogen-bond donors (Lipinski definition) is 2. The number of anilines is 1. The van der Waals surface area contributed by atoms with Crippen LogP contribution >= 0.6 is 0 Å². The van der Waals surface area contributed by atoms with E-state index in [0.29, 0.717) is 0 Å². The lowest BCUT2D eigenvalue weighted by Gasteiger charge is -2.15. The van der Waals surface area contributed by atoms with Crippen LogP contribution in [-0.4, -0.2) is 19.1 Å². The van der Waals surface area contributed by atoms with Crippen LogP contribution < -0.4 is 10.1 Å². The Hall–Kier alpha value is -1.64. The van der Waals surface area contributed by atoms with Gasteiger partial charge in [0, 0.05) is 35.1 Å². The Morgan fingerprint density at radius 2 is 1.88 bits per heavy atom. The van der Waals surface area contributed by atoms with E-state index >= 15 is 0 Å². The van der Waals surface area contributed by atoms with Crippen LogP contribution in [0.4, 0.5) is 5.69 Å². The number of benzene rings is 1. The zero-order valence-electron chi connectivity index (χ0n) is 11.1. The Labute approximate surface area is 102 Å². The average molecular weight is 232 g/mol. The summed E-state index contributed by atoms with van der Waals surface area (Å²) in [6.07, 6.45) is 0. The van der Waals surface area contributed by atoms with Gasteiger partial charge in [-0.25, -0.2) is 0 Å². The van der Waals surface area contributed by atoms with Crippen LogP contribution in [0.2, 0.25) is 0 Å². The van der Waals surface area contributed by atoms with E-state index in [2.05, 4.69) is 43.2 Å². The smallest absolute Gasteiger partial charge is 0.144 e. The molecule has 92 valence electrons. The van der Waals surface area contributed by atoms with Gasteiger partial charge in [0.2, 0.25) is 0 Å². The first-order chi connectivity index (χ1) is 7.95. The SMILES string of the molecule is CNc1cc2cc(C(C)(C)C)[nH]c2cc1OC. The van der Waals surface area contributed by atoms with Gasteiger partial charge in [0.1, 0.15) is 5.75 Å². The molecular weight excluding hydrogens is 212 g/mol. The molecule has 0 bridgehead atoms. The standard InChI is InChI=1S/C14H20N2O/c1-14(2,3)13-7-9-6-11(15-4)12(17-5)8-10(9)16-13/h6-8,15-16H,1-5H3. The van der Waals surface area contributed by atoms with E-state index in [4.69, 9.17) is 4.74 Å². The Balaban J connectivity index is 2.61. The summed E-state index contributed by atoms with van der Waals surface area (Å²) in [5.41, 5.74) is 3.50. The highest BCUT2D eigenvalue weighted by Crippen LogP contribution is 2.32. The molecule has 0 unspecified atom stereocenters. The summed E-state index contributed by atoms with van der Waals surface area (Å²) in [6.45, 7) is 6.61. The van der Waals surface area contributed by atoms with Crippen molar-refractivity contribution in [1.82, 2.24) is 4.98 Å². The van der Waals surface area contributed by atoms with E-state index in [9.17, 15) is 0 Å². The summed E-state index contributed by atoms with van der Waals surface area (Å²) in [5.74, 6) is 0.863. The fourth-order valence-corrected chi connectivity index (χ4v) is 1.93. The topological polar surface area (TPSA) is 37.0 Å². The Kier molecular flexibility index (Phi) is 2.77. The zero-order chi connectivity index (χ0) is 12.6. The maximum absolute atomic E-state index is 5.36. The molecule has 1 heterocycles. The number of ether oxygens (including phenoxy) is 1. The van der Waals surface area contributed by atoms with Crippen LogP contribution in [0.1, 0.15) is 26.5 Å². The molecule has 0 saturated carbocycles. The van der Waals surface area contributed by atoms with Crippen molar-refractivity contribution in [2.45, 2.75) is 26.2 Å². The second-order valence-corrected chi connectivity index (χ2v) is 5.32. The fraction of sp³-hybridized carbons (Fsp3) is 0.429. The minimum absolute atomic E-state index is 0.131. The number of nitrogens with one attached hydrogen (secondary N) is 2. The third kappa shape index (κ3) is 2.09. The zero-order valence-corrected chi connectivity index (χ0v) is 11.1. The molecular formula is C14H20N2O. The van der Waals surface area contributed by atoms with Gasteiger partial charge in [-0.05, 0) is 12.1 Å². The second-order valence-electron chi connectivity index (χ2n) is 5.32. The van der Waals surface area contributed by atoms with Gasteiger partial charge < -0.3 is 15.0 Å². The molecule has 1 aromatic carbocycles. The molecule has 0 aliphatic carbocycles. The number of fused-ring (bicyclic) bond motifs is 1. The Morgan fingerprint density at radius 3 is 2.41 bits per heavy atom. The van der Waals surface area contributed by atoms with Gasteiger partial charge in [-0.3, -0.25) is 0 Å². The molecule has 0 spiro atoms. The molecule has 17 heavy (non-hydrogen) atoms. The lowest BCUT2D eigenvalue weighted by Crippen LogP contribution is -2.10. The van der Waals surface area contributed by atoms with Crippen LogP contribution in [0.25, 0.3) is 10.9 Å². The summed E-state index contributed by atoms with van der Waals surface area (Å²) in [5, 5.41) is 4.36. The first-order valence-electron chi connectivity index (χ1n) is 5.84. The van der Waals surface area contributed by atoms with Crippen molar-refractivity contribution >= 4 is 16.6 Å². The molecule has 0 aliphatic rings. The van der Waals surface area contributed by atoms with Crippen LogP contribution in [-0.2, 0) is 5.41 Å². The van der Waals surface area contributed by atoms with E-state index in [-0.39, 0.29) is 5.41 Å². The van der Waals surface area contributed by atoms with Gasteiger partial charge in [-0.1, -0.05) is 20.8 Å². The van der Waals surface area contributed by atoms with Crippen LogP contribution in [0.15, 0.2) is 18.2 Å². The third-order valence-electron chi connectivity index (χ3n) is 3.02. The van der Waals surface area contributed by atoms with Crippen molar-refractivity contribution in [3.8, 4) is 5.75 Å². The third-order valence-corrected chi connectivity index (χ3v) is 3.02. The van der Waals surface area contributed by atoms with Crippen LogP contribution in [0.3, 0.4) is 0 Å². The quantitative estimate of drug-likeness (QED) is 0.831. The monoisotopic (exact) mass is 232 g/mol. The largest absolute Gasteiger partial charge is 0.495 e. The highest BCUT2D eigenvalue weighted by Gasteiger charge is 2.17. The van der Waals surface area contributed by atoms with Gasteiger partial charge >= 0.3 is 0 Å². The Morgan fingerprint density at radius 1 is 1.18 bits per heavy atom. The fourth-order valence-electron chi connectivity index (χ4n) is 1.93. The summed E-state index contributed by atoms with van der Waals surface area (Å²) in [6, 6.07) is 6.35. The van der Waals surface area contributed by atoms with Gasteiger partial charge in [0.05, 0.1) is 12.8 Å². The first kappa shape index (κ1) is 11.8. The second kappa shape index (κ2) is 3.99. The van der Waals surface area contributed by atoms with Crippen LogP contribution in [0, 0.1) is 0 Å². The van der Waals surface area contributed by atoms with Crippen molar-refractivity contribution in [3.05, 3.63) is 23.9 Å². The number of methoxy groups -OCH3 is 1. The van der Waals surface area contributed by atoms with Gasteiger partial charge in [0.25, 0.3) is 0 Å². The molecule has 3 nitrogen and oxygen atoms in total. The number of aromatic amines is 1. The van der Waals surface area contributed by atoms with Crippen molar-refractivity contribution in [3.63, 3.8) is 0 Å². The summed E-state index contributed by atoms with van der Waals surface area (Å²) in [7, 11) is 3.59. The molecule has 0 fully saturated rings. The normalized spacial score (nSPS) is 11.8. The Bertz CT molecular complexity index is 494. The van der Waals surface area contributed by atoms with E-state index in [0.717, 1.165) is 17.0 Å². The first-order valence-corrected chi connectivity index (χ1v) is 5.84. The average Bonchev–Trinajstić information content (AvgIpc) is 2.69. The van der Waals surface area contributed by atoms with E-state index in [1.807, 2.05) is 13.1 Å². The molecule has 3 heteroatoms. The molecule has 2 aromatic rings. The van der Waals surface area contributed by atoms with Crippen molar-refractivity contribution < 1.29 is 4.74 Å². The number of aromatic nitrogens is 1. The highest BCUT2D eigenvalue weighted by molar-refractivity contribution is 5.87.